The molecular weight excluding hydrogens is 322 g/mol. The molecule has 0 bridgehead atoms. The van der Waals surface area contributed by atoms with Gasteiger partial charge in [-0.05, 0) is 36.0 Å². The number of benzene rings is 2. The Labute approximate surface area is 153 Å². The summed E-state index contributed by atoms with van der Waals surface area (Å²) in [6, 6.07) is 25.5. The highest BCUT2D eigenvalue weighted by atomic mass is 16.5. The van der Waals surface area contributed by atoms with E-state index in [2.05, 4.69) is 24.3 Å². The van der Waals surface area contributed by atoms with Crippen molar-refractivity contribution in [2.75, 3.05) is 6.61 Å². The van der Waals surface area contributed by atoms with Gasteiger partial charge in [-0.3, -0.25) is 4.79 Å². The number of hydrogen-bond acceptors (Lipinski definition) is 2. The summed E-state index contributed by atoms with van der Waals surface area (Å²) in [5, 5.41) is 0. The molecule has 0 aliphatic heterocycles. The van der Waals surface area contributed by atoms with Crippen LogP contribution in [-0.4, -0.2) is 11.2 Å². The summed E-state index contributed by atoms with van der Waals surface area (Å²) >= 11 is 0. The van der Waals surface area contributed by atoms with Crippen molar-refractivity contribution in [3.63, 3.8) is 0 Å². The maximum absolute atomic E-state index is 12.6. The quantitative estimate of drug-likeness (QED) is 0.626. The van der Waals surface area contributed by atoms with Crippen LogP contribution in [0, 0.1) is 5.92 Å². The highest BCUT2D eigenvalue weighted by Gasteiger charge is 2.30. The van der Waals surface area contributed by atoms with Gasteiger partial charge in [0, 0.05) is 12.3 Å². The molecule has 3 heteroatoms. The van der Waals surface area contributed by atoms with Crippen LogP contribution in [0.1, 0.15) is 36.1 Å². The molecule has 3 nitrogen and oxygen atoms in total. The number of hydrogen-bond donors (Lipinski definition) is 0. The highest BCUT2D eigenvalue weighted by molar-refractivity contribution is 5.27. The van der Waals surface area contributed by atoms with Crippen LogP contribution in [0.15, 0.2) is 89.9 Å². The standard InChI is InChI=1S/C23H23NO2/c25-21-13-7-8-16-24(21)22(19-9-3-1-4-10-19)23(26-17-18-14-15-18)20-11-5-2-6-12-20/h1-13,16,18,22-23H,14-15,17H2/t22-,23-/m0/s1. The maximum atomic E-state index is 12.6. The van der Waals surface area contributed by atoms with Crippen LogP contribution in [0.5, 0.6) is 0 Å². The fourth-order valence-corrected chi connectivity index (χ4v) is 3.34. The zero-order valence-electron chi connectivity index (χ0n) is 14.7. The van der Waals surface area contributed by atoms with Gasteiger partial charge in [0.15, 0.2) is 0 Å². The van der Waals surface area contributed by atoms with Gasteiger partial charge in [-0.25, -0.2) is 0 Å². The summed E-state index contributed by atoms with van der Waals surface area (Å²) in [6.07, 6.45) is 4.13. The third-order valence-electron chi connectivity index (χ3n) is 4.92. The Hall–Kier alpha value is -2.65. The van der Waals surface area contributed by atoms with E-state index in [0.29, 0.717) is 5.92 Å². The first kappa shape index (κ1) is 16.8. The second-order valence-electron chi connectivity index (χ2n) is 6.91. The molecule has 0 spiro atoms. The van der Waals surface area contributed by atoms with Gasteiger partial charge in [0.1, 0.15) is 6.10 Å². The van der Waals surface area contributed by atoms with Crippen LogP contribution in [0.3, 0.4) is 0 Å². The van der Waals surface area contributed by atoms with Crippen LogP contribution in [0.25, 0.3) is 0 Å². The summed E-state index contributed by atoms with van der Waals surface area (Å²) in [5.41, 5.74) is 2.15. The molecular formula is C23H23NO2. The molecule has 0 N–H and O–H groups in total. The normalized spacial score (nSPS) is 16.2. The van der Waals surface area contributed by atoms with Crippen LogP contribution < -0.4 is 5.56 Å². The molecule has 1 fully saturated rings. The SMILES string of the molecule is O=c1ccccn1[C@@H](c1ccccc1)[C@@H](OCC1CC1)c1ccccc1. The lowest BCUT2D eigenvalue weighted by molar-refractivity contribution is 0.0183. The van der Waals surface area contributed by atoms with Crippen molar-refractivity contribution in [1.82, 2.24) is 4.57 Å². The minimum Gasteiger partial charge on any atom is -0.371 e. The van der Waals surface area contributed by atoms with E-state index in [-0.39, 0.29) is 17.7 Å². The molecule has 1 saturated carbocycles. The number of nitrogens with zero attached hydrogens (tertiary/aromatic N) is 1. The zero-order valence-corrected chi connectivity index (χ0v) is 14.7. The van der Waals surface area contributed by atoms with Gasteiger partial charge < -0.3 is 9.30 Å². The third kappa shape index (κ3) is 3.78. The van der Waals surface area contributed by atoms with Gasteiger partial charge in [0.2, 0.25) is 0 Å². The van der Waals surface area contributed by atoms with E-state index in [0.717, 1.165) is 17.7 Å². The molecule has 3 aromatic rings. The number of pyridine rings is 1. The topological polar surface area (TPSA) is 31.2 Å². The second-order valence-corrected chi connectivity index (χ2v) is 6.91. The lowest BCUT2D eigenvalue weighted by atomic mass is 9.95. The summed E-state index contributed by atoms with van der Waals surface area (Å²) in [5.74, 6) is 0.658. The van der Waals surface area contributed by atoms with Gasteiger partial charge in [0.25, 0.3) is 5.56 Å². The van der Waals surface area contributed by atoms with Crippen LogP contribution in [-0.2, 0) is 4.74 Å². The van der Waals surface area contributed by atoms with Crippen LogP contribution >= 0.6 is 0 Å². The lowest BCUT2D eigenvalue weighted by Gasteiger charge is -2.30. The van der Waals surface area contributed by atoms with Gasteiger partial charge in [-0.2, -0.15) is 0 Å². The maximum Gasteiger partial charge on any atom is 0.251 e. The predicted octanol–water partition coefficient (Wildman–Crippen LogP) is 4.61. The molecule has 26 heavy (non-hydrogen) atoms. The average molecular weight is 345 g/mol. The van der Waals surface area contributed by atoms with Crippen LogP contribution in [0.4, 0.5) is 0 Å². The second kappa shape index (κ2) is 7.71. The van der Waals surface area contributed by atoms with Gasteiger partial charge in [0.05, 0.1) is 12.6 Å². The fourth-order valence-electron chi connectivity index (χ4n) is 3.34. The minimum absolute atomic E-state index is 0.0164. The minimum atomic E-state index is -0.209. The average Bonchev–Trinajstić information content (AvgIpc) is 3.52. The van der Waals surface area contributed by atoms with E-state index in [1.807, 2.05) is 48.7 Å². The monoisotopic (exact) mass is 345 g/mol. The molecule has 132 valence electrons. The van der Waals surface area contributed by atoms with Crippen molar-refractivity contribution in [2.45, 2.75) is 25.0 Å². The first-order chi connectivity index (χ1) is 12.8. The molecule has 1 aliphatic carbocycles. The molecule has 4 rings (SSSR count). The van der Waals surface area contributed by atoms with E-state index >= 15 is 0 Å². The van der Waals surface area contributed by atoms with Crippen molar-refractivity contribution in [1.29, 1.82) is 0 Å². The van der Waals surface area contributed by atoms with Gasteiger partial charge in [-0.15, -0.1) is 0 Å². The lowest BCUT2D eigenvalue weighted by Crippen LogP contribution is -2.30. The van der Waals surface area contributed by atoms with Crippen LogP contribution in [0.2, 0.25) is 0 Å². The Balaban J connectivity index is 1.80. The first-order valence-electron chi connectivity index (χ1n) is 9.21. The zero-order chi connectivity index (χ0) is 17.8. The molecule has 1 aromatic heterocycles. The molecule has 0 unspecified atom stereocenters. The molecule has 0 amide bonds. The van der Waals surface area contributed by atoms with Crippen molar-refractivity contribution >= 4 is 0 Å². The summed E-state index contributed by atoms with van der Waals surface area (Å²) in [4.78, 5) is 12.6. The van der Waals surface area contributed by atoms with E-state index in [4.69, 9.17) is 4.74 Å². The van der Waals surface area contributed by atoms with E-state index in [1.165, 1.54) is 12.8 Å². The summed E-state index contributed by atoms with van der Waals surface area (Å²) in [7, 11) is 0. The number of aromatic nitrogens is 1. The van der Waals surface area contributed by atoms with Crippen molar-refractivity contribution in [3.8, 4) is 0 Å². The van der Waals surface area contributed by atoms with Gasteiger partial charge in [-0.1, -0.05) is 66.7 Å². The number of ether oxygens (including phenoxy) is 1. The van der Waals surface area contributed by atoms with Crippen molar-refractivity contribution in [2.24, 2.45) is 5.92 Å². The third-order valence-corrected chi connectivity index (χ3v) is 4.92. The van der Waals surface area contributed by atoms with Crippen molar-refractivity contribution in [3.05, 3.63) is 107 Å². The largest absolute Gasteiger partial charge is 0.371 e. The highest BCUT2D eigenvalue weighted by Crippen LogP contribution is 2.37. The molecule has 0 saturated heterocycles. The smallest absolute Gasteiger partial charge is 0.251 e. The predicted molar refractivity (Wildman–Crippen MR) is 103 cm³/mol. The van der Waals surface area contributed by atoms with E-state index < -0.39 is 0 Å². The summed E-state index contributed by atoms with van der Waals surface area (Å²) in [6.45, 7) is 0.741. The molecule has 0 radical (unpaired) electrons. The molecule has 1 aliphatic rings. The van der Waals surface area contributed by atoms with E-state index in [1.54, 1.807) is 16.7 Å². The van der Waals surface area contributed by atoms with Gasteiger partial charge >= 0.3 is 0 Å². The van der Waals surface area contributed by atoms with Crippen molar-refractivity contribution < 1.29 is 4.74 Å². The Bertz CT molecular complexity index is 885. The van der Waals surface area contributed by atoms with E-state index in [9.17, 15) is 4.79 Å². The Morgan fingerprint density at radius 1 is 0.846 bits per heavy atom. The Kier molecular flexibility index (Phi) is 4.98. The molecule has 2 aromatic carbocycles. The fraction of sp³-hybridized carbons (Fsp3) is 0.261. The molecule has 2 atom stereocenters. The summed E-state index contributed by atoms with van der Waals surface area (Å²) < 4.78 is 8.21. The Morgan fingerprint density at radius 2 is 1.46 bits per heavy atom. The number of rotatable bonds is 7. The first-order valence-corrected chi connectivity index (χ1v) is 9.21. The Morgan fingerprint density at radius 3 is 2.08 bits per heavy atom. The molecule has 1 heterocycles.